The fraction of sp³-hybridized carbons (Fsp3) is 0.667. The summed E-state index contributed by atoms with van der Waals surface area (Å²) in [6, 6.07) is 6.93. The molecule has 0 atom stereocenters. The van der Waals surface area contributed by atoms with Gasteiger partial charge in [0.25, 0.3) is 0 Å². The van der Waals surface area contributed by atoms with Crippen LogP contribution in [-0.4, -0.2) is 0 Å². The Morgan fingerprint density at radius 3 is 1.94 bits per heavy atom. The Hall–Kier alpha value is -0.780. The summed E-state index contributed by atoms with van der Waals surface area (Å²) in [5, 5.41) is 0. The summed E-state index contributed by atoms with van der Waals surface area (Å²) >= 11 is 0. The smallest absolute Gasteiger partial charge is 0.0273 e. The molecule has 1 aromatic rings. The van der Waals surface area contributed by atoms with E-state index in [1.807, 2.05) is 0 Å². The van der Waals surface area contributed by atoms with Crippen LogP contribution in [-0.2, 0) is 19.3 Å². The van der Waals surface area contributed by atoms with Crippen molar-refractivity contribution in [2.75, 3.05) is 0 Å². The Labute approximate surface area is 114 Å². The molecule has 0 aliphatic carbocycles. The van der Waals surface area contributed by atoms with E-state index >= 15 is 0 Å². The number of benzene rings is 1. The quantitative estimate of drug-likeness (QED) is 0.489. The monoisotopic (exact) mass is 246 g/mol. The van der Waals surface area contributed by atoms with Crippen LogP contribution < -0.4 is 0 Å². The van der Waals surface area contributed by atoms with E-state index in [4.69, 9.17) is 0 Å². The first-order chi connectivity index (χ1) is 8.83. The van der Waals surface area contributed by atoms with Crippen molar-refractivity contribution in [2.45, 2.75) is 78.6 Å². The molecule has 0 N–H and O–H groups in total. The molecule has 0 nitrogen and oxygen atoms in total. The van der Waals surface area contributed by atoms with Gasteiger partial charge in [0, 0.05) is 0 Å². The fourth-order valence-corrected chi connectivity index (χ4v) is 2.69. The molecule has 0 aliphatic rings. The van der Waals surface area contributed by atoms with Gasteiger partial charge in [-0.2, -0.15) is 0 Å². The van der Waals surface area contributed by atoms with Crippen molar-refractivity contribution >= 4 is 0 Å². The van der Waals surface area contributed by atoms with Crippen molar-refractivity contribution in [3.8, 4) is 0 Å². The van der Waals surface area contributed by atoms with Gasteiger partial charge in [-0.3, -0.25) is 0 Å². The molecule has 0 amide bonds. The van der Waals surface area contributed by atoms with E-state index in [-0.39, 0.29) is 0 Å². The molecule has 102 valence electrons. The molecule has 0 fully saturated rings. The molecule has 0 aliphatic heterocycles. The summed E-state index contributed by atoms with van der Waals surface area (Å²) in [6.07, 6.45) is 11.8. The van der Waals surface area contributed by atoms with Crippen molar-refractivity contribution in [3.05, 3.63) is 34.9 Å². The molecule has 0 unspecified atom stereocenters. The lowest BCUT2D eigenvalue weighted by molar-refractivity contribution is 0.690. The van der Waals surface area contributed by atoms with Crippen LogP contribution in [0, 0.1) is 0 Å². The van der Waals surface area contributed by atoms with Crippen LogP contribution in [0.2, 0.25) is 0 Å². The maximum absolute atomic E-state index is 2.36. The minimum atomic E-state index is 1.18. The molecule has 0 heterocycles. The van der Waals surface area contributed by atoms with Gasteiger partial charge in [-0.15, -0.1) is 0 Å². The van der Waals surface area contributed by atoms with Crippen molar-refractivity contribution in [2.24, 2.45) is 0 Å². The van der Waals surface area contributed by atoms with Crippen LogP contribution in [0.3, 0.4) is 0 Å². The number of hydrogen-bond donors (Lipinski definition) is 0. The lowest BCUT2D eigenvalue weighted by Crippen LogP contribution is -2.00. The maximum atomic E-state index is 2.36. The summed E-state index contributed by atoms with van der Waals surface area (Å²) in [5.41, 5.74) is 4.88. The molecule has 0 radical (unpaired) electrons. The van der Waals surface area contributed by atoms with Gasteiger partial charge < -0.3 is 0 Å². The molecular weight excluding hydrogens is 216 g/mol. The van der Waals surface area contributed by atoms with E-state index in [2.05, 4.69) is 39.0 Å². The molecule has 0 heteroatoms. The van der Waals surface area contributed by atoms with Gasteiger partial charge in [0.15, 0.2) is 0 Å². The first-order valence-corrected chi connectivity index (χ1v) is 7.93. The van der Waals surface area contributed by atoms with Crippen LogP contribution in [0.4, 0.5) is 0 Å². The predicted octanol–water partition coefficient (Wildman–Crippen LogP) is 5.71. The van der Waals surface area contributed by atoms with E-state index in [0.29, 0.717) is 0 Å². The molecule has 0 bridgehead atoms. The van der Waals surface area contributed by atoms with Crippen LogP contribution in [0.5, 0.6) is 0 Å². The highest BCUT2D eigenvalue weighted by Crippen LogP contribution is 2.21. The Bertz CT molecular complexity index is 325. The van der Waals surface area contributed by atoms with E-state index in [1.54, 1.807) is 16.7 Å². The number of aryl methyl sites for hydroxylation is 2. The van der Waals surface area contributed by atoms with E-state index in [9.17, 15) is 0 Å². The Morgan fingerprint density at radius 1 is 0.722 bits per heavy atom. The van der Waals surface area contributed by atoms with Crippen LogP contribution in [0.15, 0.2) is 18.2 Å². The molecule has 1 rings (SSSR count). The zero-order valence-corrected chi connectivity index (χ0v) is 12.6. The normalized spacial score (nSPS) is 10.8. The highest BCUT2D eigenvalue weighted by molar-refractivity contribution is 5.35. The number of rotatable bonds is 9. The lowest BCUT2D eigenvalue weighted by Gasteiger charge is -2.14. The van der Waals surface area contributed by atoms with Crippen LogP contribution in [0.1, 0.15) is 76.0 Å². The summed E-state index contributed by atoms with van der Waals surface area (Å²) in [4.78, 5) is 0. The third-order valence-corrected chi connectivity index (χ3v) is 3.83. The summed E-state index contributed by atoms with van der Waals surface area (Å²) < 4.78 is 0. The minimum Gasteiger partial charge on any atom is -0.0654 e. The first kappa shape index (κ1) is 15.3. The van der Waals surface area contributed by atoms with Gasteiger partial charge in [-0.25, -0.2) is 0 Å². The van der Waals surface area contributed by atoms with Gasteiger partial charge in [0.1, 0.15) is 0 Å². The van der Waals surface area contributed by atoms with E-state index in [1.165, 1.54) is 57.8 Å². The second-order valence-electron chi connectivity index (χ2n) is 5.32. The number of hydrogen-bond acceptors (Lipinski definition) is 0. The molecule has 0 saturated heterocycles. The van der Waals surface area contributed by atoms with Crippen molar-refractivity contribution in [1.29, 1.82) is 0 Å². The summed E-state index contributed by atoms with van der Waals surface area (Å²) in [5.74, 6) is 0. The van der Waals surface area contributed by atoms with Crippen molar-refractivity contribution in [3.63, 3.8) is 0 Å². The summed E-state index contributed by atoms with van der Waals surface area (Å²) in [6.45, 7) is 6.85. The highest BCUT2D eigenvalue weighted by atomic mass is 14.1. The predicted molar refractivity (Wildman–Crippen MR) is 82.3 cm³/mol. The van der Waals surface area contributed by atoms with Crippen molar-refractivity contribution in [1.82, 2.24) is 0 Å². The van der Waals surface area contributed by atoms with Gasteiger partial charge >= 0.3 is 0 Å². The zero-order valence-electron chi connectivity index (χ0n) is 12.6. The fourth-order valence-electron chi connectivity index (χ4n) is 2.69. The van der Waals surface area contributed by atoms with E-state index in [0.717, 1.165) is 0 Å². The minimum absolute atomic E-state index is 1.18. The molecule has 1 aromatic carbocycles. The molecule has 0 saturated carbocycles. The third-order valence-electron chi connectivity index (χ3n) is 3.83. The Kier molecular flexibility index (Phi) is 7.80. The van der Waals surface area contributed by atoms with Crippen LogP contribution in [0.25, 0.3) is 0 Å². The summed E-state index contributed by atoms with van der Waals surface area (Å²) in [7, 11) is 0. The maximum Gasteiger partial charge on any atom is -0.0273 e. The third kappa shape index (κ3) is 4.84. The number of unbranched alkanes of at least 4 members (excludes halogenated alkanes) is 4. The van der Waals surface area contributed by atoms with Crippen LogP contribution >= 0.6 is 0 Å². The highest BCUT2D eigenvalue weighted by Gasteiger charge is 2.06. The zero-order chi connectivity index (χ0) is 13.2. The van der Waals surface area contributed by atoms with E-state index < -0.39 is 0 Å². The van der Waals surface area contributed by atoms with Crippen molar-refractivity contribution < 1.29 is 0 Å². The van der Waals surface area contributed by atoms with Gasteiger partial charge in [0.2, 0.25) is 0 Å². The molecule has 18 heavy (non-hydrogen) atoms. The average Bonchev–Trinajstić information content (AvgIpc) is 2.40. The van der Waals surface area contributed by atoms with Gasteiger partial charge in [-0.05, 0) is 48.8 Å². The molecular formula is C18H30. The largest absolute Gasteiger partial charge is 0.0654 e. The Balaban J connectivity index is 2.72. The second kappa shape index (κ2) is 9.19. The topological polar surface area (TPSA) is 0 Å². The molecule has 0 spiro atoms. The lowest BCUT2D eigenvalue weighted by atomic mass is 9.92. The van der Waals surface area contributed by atoms with Gasteiger partial charge in [0.05, 0.1) is 0 Å². The second-order valence-corrected chi connectivity index (χ2v) is 5.32. The molecule has 0 aromatic heterocycles. The first-order valence-electron chi connectivity index (χ1n) is 7.93. The van der Waals surface area contributed by atoms with Gasteiger partial charge in [-0.1, -0.05) is 64.7 Å². The SMILES string of the molecule is CCCCCc1cccc(CC)c1CCCCC. The average molecular weight is 246 g/mol. The standard InChI is InChI=1S/C18H30/c1-4-7-9-12-17-14-11-13-16(6-3)18(17)15-10-8-5-2/h11,13-14H,4-10,12,15H2,1-3H3. The Morgan fingerprint density at radius 2 is 1.33 bits per heavy atom.